The van der Waals surface area contributed by atoms with Gasteiger partial charge in [-0.25, -0.2) is 13.1 Å². The number of benzene rings is 1. The van der Waals surface area contributed by atoms with E-state index in [0.717, 1.165) is 25.0 Å². The summed E-state index contributed by atoms with van der Waals surface area (Å²) in [7, 11) is -3.95. The highest BCUT2D eigenvalue weighted by molar-refractivity contribution is 7.89. The molecule has 7 nitrogen and oxygen atoms in total. The number of aryl methyl sites for hydroxylation is 1. The molecule has 116 valence electrons. The second kappa shape index (κ2) is 6.04. The molecule has 1 unspecified atom stereocenters. The first-order valence-electron chi connectivity index (χ1n) is 6.37. The number of hydrogen-bond donors (Lipinski definition) is 1. The summed E-state index contributed by atoms with van der Waals surface area (Å²) in [5, 5.41) is 10.7. The number of nitro groups is 1. The Bertz CT molecular complexity index is 656. The second-order valence-electron chi connectivity index (χ2n) is 4.81. The molecule has 2 rings (SSSR count). The Morgan fingerprint density at radius 3 is 2.81 bits per heavy atom. The lowest BCUT2D eigenvalue weighted by Crippen LogP contribution is -2.32. The number of hydrogen-bond acceptors (Lipinski definition) is 5. The topological polar surface area (TPSA) is 98.5 Å². The van der Waals surface area contributed by atoms with Crippen molar-refractivity contribution in [2.75, 3.05) is 13.2 Å². The summed E-state index contributed by atoms with van der Waals surface area (Å²) in [5.74, 6) is -1.06. The fourth-order valence-electron chi connectivity index (χ4n) is 2.16. The van der Waals surface area contributed by atoms with Crippen LogP contribution in [0, 0.1) is 22.9 Å². The van der Waals surface area contributed by atoms with Gasteiger partial charge in [-0.05, 0) is 31.4 Å². The van der Waals surface area contributed by atoms with Gasteiger partial charge in [-0.2, -0.15) is 4.39 Å². The highest BCUT2D eigenvalue weighted by atomic mass is 32.2. The molecule has 1 atom stereocenters. The standard InChI is InChI=1S/C12H15FN2O5S/c1-8-5-10(13)11(15(16)17)6-12(8)21(18,19)14-7-9-3-2-4-20-9/h5-6,9,14H,2-4,7H2,1H3. The molecule has 0 aliphatic carbocycles. The number of rotatable bonds is 5. The van der Waals surface area contributed by atoms with Gasteiger partial charge >= 0.3 is 5.69 Å². The van der Waals surface area contributed by atoms with E-state index < -0.39 is 26.5 Å². The van der Waals surface area contributed by atoms with Gasteiger partial charge < -0.3 is 4.74 Å². The molecule has 1 N–H and O–H groups in total. The minimum atomic E-state index is -3.95. The van der Waals surface area contributed by atoms with Crippen molar-refractivity contribution in [3.05, 3.63) is 33.6 Å². The van der Waals surface area contributed by atoms with Gasteiger partial charge in [0.25, 0.3) is 0 Å². The van der Waals surface area contributed by atoms with E-state index in [1.165, 1.54) is 6.92 Å². The maximum Gasteiger partial charge on any atom is 0.306 e. The molecule has 1 fully saturated rings. The van der Waals surface area contributed by atoms with E-state index in [4.69, 9.17) is 4.74 Å². The first-order chi connectivity index (χ1) is 9.81. The van der Waals surface area contributed by atoms with Crippen LogP contribution in [0.5, 0.6) is 0 Å². The Hall–Kier alpha value is -1.58. The van der Waals surface area contributed by atoms with Crippen LogP contribution in [0.25, 0.3) is 0 Å². The van der Waals surface area contributed by atoms with Crippen molar-refractivity contribution >= 4 is 15.7 Å². The molecular weight excluding hydrogens is 303 g/mol. The van der Waals surface area contributed by atoms with Crippen LogP contribution in [0.2, 0.25) is 0 Å². The zero-order valence-electron chi connectivity index (χ0n) is 11.3. The molecule has 1 aliphatic rings. The van der Waals surface area contributed by atoms with Crippen LogP contribution in [0.3, 0.4) is 0 Å². The molecule has 0 bridgehead atoms. The fourth-order valence-corrected chi connectivity index (χ4v) is 3.47. The predicted octanol–water partition coefficient (Wildman–Crippen LogP) is 1.50. The summed E-state index contributed by atoms with van der Waals surface area (Å²) in [4.78, 5) is 9.46. The molecule has 1 aromatic carbocycles. The first kappa shape index (κ1) is 15.8. The maximum absolute atomic E-state index is 13.4. The molecule has 9 heteroatoms. The number of nitrogens with zero attached hydrogens (tertiary/aromatic N) is 1. The Morgan fingerprint density at radius 1 is 1.52 bits per heavy atom. The summed E-state index contributed by atoms with van der Waals surface area (Å²) in [6.07, 6.45) is 1.42. The third-order valence-electron chi connectivity index (χ3n) is 3.26. The highest BCUT2D eigenvalue weighted by Crippen LogP contribution is 2.25. The van der Waals surface area contributed by atoms with E-state index in [-0.39, 0.29) is 23.1 Å². The number of nitrogens with one attached hydrogen (secondary N) is 1. The maximum atomic E-state index is 13.4. The summed E-state index contributed by atoms with van der Waals surface area (Å²) < 4.78 is 45.4. The van der Waals surface area contributed by atoms with E-state index >= 15 is 0 Å². The average molecular weight is 318 g/mol. The van der Waals surface area contributed by atoms with Gasteiger partial charge in [0.2, 0.25) is 15.8 Å². The van der Waals surface area contributed by atoms with Crippen molar-refractivity contribution in [1.82, 2.24) is 4.72 Å². The minimum Gasteiger partial charge on any atom is -0.377 e. The van der Waals surface area contributed by atoms with Gasteiger partial charge in [0, 0.05) is 19.2 Å². The summed E-state index contributed by atoms with van der Waals surface area (Å²) in [6.45, 7) is 2.06. The number of halogens is 1. The molecule has 0 radical (unpaired) electrons. The predicted molar refractivity (Wildman–Crippen MR) is 72.0 cm³/mol. The quantitative estimate of drug-likeness (QED) is 0.655. The second-order valence-corrected chi connectivity index (χ2v) is 6.55. The molecule has 1 saturated heterocycles. The number of sulfonamides is 1. The van der Waals surface area contributed by atoms with Gasteiger partial charge in [-0.3, -0.25) is 10.1 Å². The van der Waals surface area contributed by atoms with E-state index in [1.54, 1.807) is 0 Å². The van der Waals surface area contributed by atoms with Crippen molar-refractivity contribution in [2.45, 2.75) is 30.8 Å². The molecule has 0 amide bonds. The van der Waals surface area contributed by atoms with Crippen LogP contribution >= 0.6 is 0 Å². The lowest BCUT2D eigenvalue weighted by molar-refractivity contribution is -0.387. The summed E-state index contributed by atoms with van der Waals surface area (Å²) >= 11 is 0. The van der Waals surface area contributed by atoms with E-state index in [1.807, 2.05) is 0 Å². The molecule has 0 saturated carbocycles. The zero-order valence-corrected chi connectivity index (χ0v) is 12.2. The van der Waals surface area contributed by atoms with E-state index in [0.29, 0.717) is 6.61 Å². The Kier molecular flexibility index (Phi) is 4.55. The first-order valence-corrected chi connectivity index (χ1v) is 7.85. The smallest absolute Gasteiger partial charge is 0.306 e. The third-order valence-corrected chi connectivity index (χ3v) is 4.82. The average Bonchev–Trinajstić information content (AvgIpc) is 2.88. The normalized spacial score (nSPS) is 18.9. The van der Waals surface area contributed by atoms with Gasteiger partial charge in [-0.15, -0.1) is 0 Å². The zero-order chi connectivity index (χ0) is 15.6. The van der Waals surface area contributed by atoms with Crippen LogP contribution in [-0.2, 0) is 14.8 Å². The van der Waals surface area contributed by atoms with Crippen molar-refractivity contribution in [3.63, 3.8) is 0 Å². The lowest BCUT2D eigenvalue weighted by atomic mass is 10.2. The van der Waals surface area contributed by atoms with Crippen molar-refractivity contribution in [3.8, 4) is 0 Å². The molecule has 1 aromatic rings. The Balaban J connectivity index is 2.26. The van der Waals surface area contributed by atoms with Crippen LogP contribution in [0.4, 0.5) is 10.1 Å². The van der Waals surface area contributed by atoms with Gasteiger partial charge in [0.1, 0.15) is 0 Å². The summed E-state index contributed by atoms with van der Waals surface area (Å²) in [5.41, 5.74) is -0.754. The molecule has 1 heterocycles. The largest absolute Gasteiger partial charge is 0.377 e. The minimum absolute atomic E-state index is 0.0902. The monoisotopic (exact) mass is 318 g/mol. The fraction of sp³-hybridized carbons (Fsp3) is 0.500. The van der Waals surface area contributed by atoms with Crippen LogP contribution in [0.15, 0.2) is 17.0 Å². The molecule has 0 aromatic heterocycles. The van der Waals surface area contributed by atoms with Crippen LogP contribution < -0.4 is 4.72 Å². The van der Waals surface area contributed by atoms with Crippen molar-refractivity contribution in [1.29, 1.82) is 0 Å². The Labute approximate surface area is 121 Å². The lowest BCUT2D eigenvalue weighted by Gasteiger charge is -2.12. The van der Waals surface area contributed by atoms with Crippen LogP contribution in [0.1, 0.15) is 18.4 Å². The van der Waals surface area contributed by atoms with E-state index in [9.17, 15) is 22.9 Å². The Morgan fingerprint density at radius 2 is 2.24 bits per heavy atom. The molecule has 21 heavy (non-hydrogen) atoms. The van der Waals surface area contributed by atoms with Gasteiger partial charge in [-0.1, -0.05) is 0 Å². The van der Waals surface area contributed by atoms with Crippen LogP contribution in [-0.4, -0.2) is 32.6 Å². The van der Waals surface area contributed by atoms with Gasteiger partial charge in [0.05, 0.1) is 15.9 Å². The molecule has 0 spiro atoms. The van der Waals surface area contributed by atoms with Gasteiger partial charge in [0.15, 0.2) is 0 Å². The summed E-state index contributed by atoms with van der Waals surface area (Å²) in [6, 6.07) is 1.58. The van der Waals surface area contributed by atoms with Crippen molar-refractivity contribution in [2.24, 2.45) is 0 Å². The highest BCUT2D eigenvalue weighted by Gasteiger charge is 2.25. The number of ether oxygens (including phenoxy) is 1. The van der Waals surface area contributed by atoms with Crippen molar-refractivity contribution < 1.29 is 22.5 Å². The molecular formula is C12H15FN2O5S. The number of nitro benzene ring substituents is 1. The SMILES string of the molecule is Cc1cc(F)c([N+](=O)[O-])cc1S(=O)(=O)NCC1CCCO1. The third kappa shape index (κ3) is 3.55. The molecule has 1 aliphatic heterocycles. The van der Waals surface area contributed by atoms with E-state index in [2.05, 4.69) is 4.72 Å².